The highest BCUT2D eigenvalue weighted by Gasteiger charge is 2.33. The molecule has 206 valence electrons. The minimum atomic E-state index is -1.23. The first-order valence-electron chi connectivity index (χ1n) is 13.0. The average Bonchev–Trinajstić information content (AvgIpc) is 3.45. The number of hydrogen-bond acceptors (Lipinski definition) is 6. The number of carbonyl (C=O) groups is 3. The fraction of sp³-hybridized carbons (Fsp3) is 0.290. The quantitative estimate of drug-likeness (QED) is 0.334. The lowest BCUT2D eigenvalue weighted by atomic mass is 9.98. The van der Waals surface area contributed by atoms with Gasteiger partial charge in [-0.05, 0) is 54.7 Å². The number of carboxylic acid groups (broad SMARTS) is 1. The molecule has 0 spiro atoms. The molecule has 0 fully saturated rings. The lowest BCUT2D eigenvalue weighted by molar-refractivity contribution is -0.142. The third-order valence-electron chi connectivity index (χ3n) is 7.07. The van der Waals surface area contributed by atoms with Crippen LogP contribution in [0, 0.1) is 0 Å². The van der Waals surface area contributed by atoms with Crippen molar-refractivity contribution in [2.75, 3.05) is 13.7 Å². The minimum Gasteiger partial charge on any atom is -0.480 e. The summed E-state index contributed by atoms with van der Waals surface area (Å²) in [5.74, 6) is -1.34. The van der Waals surface area contributed by atoms with E-state index in [-0.39, 0.29) is 18.9 Å². The number of fused-ring (bicyclic) bond motifs is 4. The number of aromatic nitrogens is 2. The molecule has 1 amide bonds. The van der Waals surface area contributed by atoms with Crippen LogP contribution in [0.1, 0.15) is 43.4 Å². The summed E-state index contributed by atoms with van der Waals surface area (Å²) >= 11 is 0. The van der Waals surface area contributed by atoms with Gasteiger partial charge in [-0.25, -0.2) is 14.4 Å². The van der Waals surface area contributed by atoms with Crippen LogP contribution in [0.5, 0.6) is 0 Å². The number of likely N-dealkylation sites (N-methyl/N-ethyl adjacent to an activating group) is 1. The Bertz CT molecular complexity index is 1560. The number of ether oxygens (including phenoxy) is 2. The molecule has 4 aromatic rings. The minimum absolute atomic E-state index is 0.0493. The monoisotopic (exact) mass is 541 g/mol. The number of rotatable bonds is 6. The summed E-state index contributed by atoms with van der Waals surface area (Å²) < 4.78 is 12.5. The van der Waals surface area contributed by atoms with Crippen LogP contribution < -0.4 is 0 Å². The van der Waals surface area contributed by atoms with Gasteiger partial charge in [0.05, 0.1) is 11.7 Å². The van der Waals surface area contributed by atoms with E-state index in [9.17, 15) is 19.5 Å². The molecule has 0 aliphatic heterocycles. The SMILES string of the molecule is CN(C(=O)OCC1c2ccccc2-c2ccccc21)[C@@H](Cc1cn(C(=O)OC(C)(C)C)c2cnccc12)C(=O)O. The van der Waals surface area contributed by atoms with Gasteiger partial charge >= 0.3 is 18.2 Å². The second-order valence-corrected chi connectivity index (χ2v) is 10.9. The number of aliphatic carboxylic acids is 1. The van der Waals surface area contributed by atoms with Crippen LogP contribution in [0.3, 0.4) is 0 Å². The Balaban J connectivity index is 1.35. The van der Waals surface area contributed by atoms with Gasteiger partial charge in [-0.15, -0.1) is 0 Å². The van der Waals surface area contributed by atoms with Gasteiger partial charge < -0.3 is 14.6 Å². The highest BCUT2D eigenvalue weighted by atomic mass is 16.6. The maximum Gasteiger partial charge on any atom is 0.419 e. The molecule has 0 saturated heterocycles. The number of pyridine rings is 1. The van der Waals surface area contributed by atoms with E-state index >= 15 is 0 Å². The second kappa shape index (κ2) is 10.5. The Labute approximate surface area is 232 Å². The number of amides is 1. The zero-order valence-electron chi connectivity index (χ0n) is 22.8. The van der Waals surface area contributed by atoms with E-state index in [2.05, 4.69) is 4.98 Å². The van der Waals surface area contributed by atoms with Crippen molar-refractivity contribution in [1.29, 1.82) is 0 Å². The predicted molar refractivity (Wildman–Crippen MR) is 149 cm³/mol. The molecule has 1 aliphatic rings. The van der Waals surface area contributed by atoms with E-state index in [1.165, 1.54) is 17.8 Å². The molecule has 2 heterocycles. The van der Waals surface area contributed by atoms with Crippen LogP contribution in [0.15, 0.2) is 73.2 Å². The molecule has 9 heteroatoms. The zero-order chi connectivity index (χ0) is 28.6. The summed E-state index contributed by atoms with van der Waals surface area (Å²) in [5.41, 5.74) is 4.67. The molecular formula is C31H31N3O6. The van der Waals surface area contributed by atoms with E-state index in [0.717, 1.165) is 27.2 Å². The van der Waals surface area contributed by atoms with Crippen LogP contribution in [-0.4, -0.2) is 63.0 Å². The fourth-order valence-corrected chi connectivity index (χ4v) is 5.19. The smallest absolute Gasteiger partial charge is 0.419 e. The van der Waals surface area contributed by atoms with Gasteiger partial charge in [0.2, 0.25) is 0 Å². The van der Waals surface area contributed by atoms with Crippen molar-refractivity contribution in [2.45, 2.75) is 44.8 Å². The molecule has 5 rings (SSSR count). The van der Waals surface area contributed by atoms with Crippen molar-refractivity contribution < 1.29 is 29.0 Å². The Morgan fingerprint density at radius 3 is 2.25 bits per heavy atom. The van der Waals surface area contributed by atoms with Gasteiger partial charge in [0, 0.05) is 37.2 Å². The molecule has 0 bridgehead atoms. The number of carboxylic acids is 1. The molecule has 1 atom stereocenters. The highest BCUT2D eigenvalue weighted by Crippen LogP contribution is 2.44. The maximum atomic E-state index is 13.1. The number of nitrogens with zero attached hydrogens (tertiary/aromatic N) is 3. The molecule has 9 nitrogen and oxygen atoms in total. The zero-order valence-corrected chi connectivity index (χ0v) is 22.8. The fourth-order valence-electron chi connectivity index (χ4n) is 5.19. The lowest BCUT2D eigenvalue weighted by Crippen LogP contribution is -2.44. The van der Waals surface area contributed by atoms with Crippen LogP contribution in [-0.2, 0) is 20.7 Å². The Kier molecular flexibility index (Phi) is 7.06. The largest absolute Gasteiger partial charge is 0.480 e. The molecular weight excluding hydrogens is 510 g/mol. The molecule has 1 N–H and O–H groups in total. The predicted octanol–water partition coefficient (Wildman–Crippen LogP) is 5.70. The summed E-state index contributed by atoms with van der Waals surface area (Å²) in [7, 11) is 1.41. The third-order valence-corrected chi connectivity index (χ3v) is 7.07. The second-order valence-electron chi connectivity index (χ2n) is 10.9. The molecule has 0 saturated carbocycles. The third kappa shape index (κ3) is 5.14. The van der Waals surface area contributed by atoms with Crippen molar-refractivity contribution >= 4 is 29.1 Å². The Morgan fingerprint density at radius 1 is 1.02 bits per heavy atom. The topological polar surface area (TPSA) is 111 Å². The molecule has 0 radical (unpaired) electrons. The van der Waals surface area contributed by atoms with Gasteiger partial charge in [-0.3, -0.25) is 14.5 Å². The molecule has 0 unspecified atom stereocenters. The van der Waals surface area contributed by atoms with Crippen LogP contribution in [0.25, 0.3) is 22.0 Å². The van der Waals surface area contributed by atoms with Gasteiger partial charge in [0.1, 0.15) is 18.2 Å². The van der Waals surface area contributed by atoms with Crippen molar-refractivity contribution in [2.24, 2.45) is 0 Å². The number of carbonyl (C=O) groups excluding carboxylic acids is 2. The van der Waals surface area contributed by atoms with Gasteiger partial charge in [0.15, 0.2) is 0 Å². The van der Waals surface area contributed by atoms with E-state index in [1.54, 1.807) is 39.2 Å². The summed E-state index contributed by atoms with van der Waals surface area (Å²) in [5, 5.41) is 10.7. The normalized spacial score (nSPS) is 13.4. The number of hydrogen-bond donors (Lipinski definition) is 1. The molecule has 2 aromatic carbocycles. The first kappa shape index (κ1) is 26.9. The Hall–Kier alpha value is -4.66. The Morgan fingerprint density at radius 2 is 1.65 bits per heavy atom. The van der Waals surface area contributed by atoms with E-state index < -0.39 is 29.8 Å². The number of benzene rings is 2. The lowest BCUT2D eigenvalue weighted by Gasteiger charge is -2.25. The van der Waals surface area contributed by atoms with Crippen molar-refractivity contribution in [3.63, 3.8) is 0 Å². The molecule has 1 aliphatic carbocycles. The maximum absolute atomic E-state index is 13.1. The van der Waals surface area contributed by atoms with E-state index in [1.807, 2.05) is 48.5 Å². The summed E-state index contributed by atoms with van der Waals surface area (Å²) in [6.45, 7) is 5.37. The summed E-state index contributed by atoms with van der Waals surface area (Å²) in [6.07, 6.45) is 3.23. The first-order chi connectivity index (χ1) is 19.0. The van der Waals surface area contributed by atoms with Gasteiger partial charge in [-0.2, -0.15) is 0 Å². The van der Waals surface area contributed by atoms with Crippen LogP contribution >= 0.6 is 0 Å². The van der Waals surface area contributed by atoms with Gasteiger partial charge in [0.25, 0.3) is 0 Å². The standard InChI is InChI=1S/C31H31N3O6/c1-31(2,3)40-30(38)34-17-19(20-13-14-32-16-27(20)34)15-26(28(35)36)33(4)29(37)39-18-25-23-11-7-5-9-21(23)22-10-6-8-12-24(22)25/h5-14,16-17,25-26H,15,18H2,1-4H3,(H,35,36)/t26-/m0/s1. The summed E-state index contributed by atoms with van der Waals surface area (Å²) in [6, 6.07) is 16.5. The van der Waals surface area contributed by atoms with Crippen LogP contribution in [0.4, 0.5) is 9.59 Å². The molecule has 40 heavy (non-hydrogen) atoms. The molecule has 2 aromatic heterocycles. The van der Waals surface area contributed by atoms with E-state index in [4.69, 9.17) is 9.47 Å². The van der Waals surface area contributed by atoms with Crippen molar-refractivity contribution in [1.82, 2.24) is 14.5 Å². The van der Waals surface area contributed by atoms with Gasteiger partial charge in [-0.1, -0.05) is 48.5 Å². The van der Waals surface area contributed by atoms with Crippen LogP contribution in [0.2, 0.25) is 0 Å². The van der Waals surface area contributed by atoms with E-state index in [0.29, 0.717) is 16.5 Å². The van der Waals surface area contributed by atoms with Crippen molar-refractivity contribution in [3.8, 4) is 11.1 Å². The highest BCUT2D eigenvalue weighted by molar-refractivity contribution is 5.92. The summed E-state index contributed by atoms with van der Waals surface area (Å²) in [4.78, 5) is 43.5. The van der Waals surface area contributed by atoms with Crippen molar-refractivity contribution in [3.05, 3.63) is 89.9 Å². The first-order valence-corrected chi connectivity index (χ1v) is 13.0. The average molecular weight is 542 g/mol.